The first kappa shape index (κ1) is 18.1. The number of hydrogen-bond donors (Lipinski definition) is 1. The van der Waals surface area contributed by atoms with Crippen molar-refractivity contribution in [2.45, 2.75) is 44.9 Å². The monoisotopic (exact) mass is 467 g/mol. The summed E-state index contributed by atoms with van der Waals surface area (Å²) in [5.74, 6) is 0.977. The first-order chi connectivity index (χ1) is 13.6. The number of hydrogen-bond acceptors (Lipinski definition) is 7. The molecule has 9 nitrogen and oxygen atoms in total. The molecule has 5 rings (SSSR count). The van der Waals surface area contributed by atoms with E-state index in [4.69, 9.17) is 26.2 Å². The molecule has 0 radical (unpaired) electrons. The molecule has 1 fully saturated rings. The van der Waals surface area contributed by atoms with Gasteiger partial charge in [-0.2, -0.15) is 10.1 Å². The normalized spacial score (nSPS) is 22.4. The molecule has 0 saturated carbocycles. The van der Waals surface area contributed by atoms with Crippen LogP contribution in [0.5, 0.6) is 5.88 Å². The van der Waals surface area contributed by atoms with Crippen LogP contribution in [0.15, 0.2) is 10.8 Å². The van der Waals surface area contributed by atoms with Crippen molar-refractivity contribution in [3.63, 3.8) is 0 Å². The molecule has 148 valence electrons. The molecule has 3 aromatic heterocycles. The lowest BCUT2D eigenvalue weighted by Crippen LogP contribution is -2.26. The highest BCUT2D eigenvalue weighted by molar-refractivity contribution is 9.10. The van der Waals surface area contributed by atoms with Crippen molar-refractivity contribution >= 4 is 50.2 Å². The molecule has 2 atom stereocenters. The average Bonchev–Trinajstić information content (AvgIpc) is 3.16. The van der Waals surface area contributed by atoms with Crippen molar-refractivity contribution in [2.75, 3.05) is 18.5 Å². The summed E-state index contributed by atoms with van der Waals surface area (Å²) in [4.78, 5) is 9.00. The van der Waals surface area contributed by atoms with E-state index >= 15 is 0 Å². The Hall–Kier alpha value is -1.91. The fourth-order valence-corrected chi connectivity index (χ4v) is 4.53. The number of rotatable bonds is 1. The molecule has 3 aromatic rings. The first-order valence-corrected chi connectivity index (χ1v) is 10.5. The van der Waals surface area contributed by atoms with E-state index < -0.39 is 0 Å². The number of nitrogens with one attached hydrogen (secondary N) is 1. The molecule has 2 aliphatic rings. The molecule has 5 heterocycles. The number of halogens is 2. The highest BCUT2D eigenvalue weighted by Crippen LogP contribution is 2.39. The maximum Gasteiger partial charge on any atom is 0.258 e. The van der Waals surface area contributed by atoms with Crippen molar-refractivity contribution in [1.82, 2.24) is 29.5 Å². The lowest BCUT2D eigenvalue weighted by atomic mass is 10.1. The molecule has 0 amide bonds. The van der Waals surface area contributed by atoms with E-state index in [0.717, 1.165) is 41.5 Å². The standard InChI is InChI=1S/C17H19BrClN7O2/c1-9-7-10(3-6-27-9)26-13(18)12-16(24-26)28-5-2-4-25-15-11(14(19)23-25)8-20-17(21-12)22-15/h8-10H,2-7H2,1H3,(H,20,21,22)/t9-,10-/m1/s1. The van der Waals surface area contributed by atoms with Gasteiger partial charge in [-0.15, -0.1) is 5.10 Å². The van der Waals surface area contributed by atoms with Crippen molar-refractivity contribution in [1.29, 1.82) is 0 Å². The molecular weight excluding hydrogens is 450 g/mol. The second kappa shape index (κ2) is 7.16. The lowest BCUT2D eigenvalue weighted by Gasteiger charge is -2.27. The Morgan fingerprint density at radius 3 is 3.07 bits per heavy atom. The Bertz CT molecular complexity index is 1040. The smallest absolute Gasteiger partial charge is 0.258 e. The Morgan fingerprint density at radius 1 is 1.32 bits per heavy atom. The van der Waals surface area contributed by atoms with Gasteiger partial charge in [0.1, 0.15) is 10.3 Å². The maximum absolute atomic E-state index is 6.21. The van der Waals surface area contributed by atoms with Crippen LogP contribution in [0.25, 0.3) is 11.0 Å². The maximum atomic E-state index is 6.21. The summed E-state index contributed by atoms with van der Waals surface area (Å²) in [5, 5.41) is 13.5. The number of ether oxygens (including phenoxy) is 2. The van der Waals surface area contributed by atoms with Crippen molar-refractivity contribution < 1.29 is 9.47 Å². The summed E-state index contributed by atoms with van der Waals surface area (Å²) < 4.78 is 16.2. The quantitative estimate of drug-likeness (QED) is 0.582. The Balaban J connectivity index is 1.56. The molecule has 2 aliphatic heterocycles. The molecule has 28 heavy (non-hydrogen) atoms. The minimum absolute atomic E-state index is 0.206. The summed E-state index contributed by atoms with van der Waals surface area (Å²) in [6, 6.07) is 0.243. The second-order valence-corrected chi connectivity index (χ2v) is 8.16. The third-order valence-corrected chi connectivity index (χ3v) is 6.10. The third kappa shape index (κ3) is 3.13. The van der Waals surface area contributed by atoms with Gasteiger partial charge in [0, 0.05) is 25.8 Å². The van der Waals surface area contributed by atoms with E-state index in [1.54, 1.807) is 10.9 Å². The molecule has 0 unspecified atom stereocenters. The van der Waals surface area contributed by atoms with Gasteiger partial charge in [-0.25, -0.2) is 14.3 Å². The van der Waals surface area contributed by atoms with Gasteiger partial charge >= 0.3 is 0 Å². The predicted octanol–water partition coefficient (Wildman–Crippen LogP) is 3.70. The minimum Gasteiger partial charge on any atom is -0.475 e. The molecule has 0 spiro atoms. The van der Waals surface area contributed by atoms with Gasteiger partial charge in [0.25, 0.3) is 5.88 Å². The number of aromatic nitrogens is 6. The van der Waals surface area contributed by atoms with Gasteiger partial charge in [-0.1, -0.05) is 11.6 Å². The number of fused-ring (bicyclic) bond motifs is 2. The highest BCUT2D eigenvalue weighted by atomic mass is 79.9. The van der Waals surface area contributed by atoms with Gasteiger partial charge in [0.15, 0.2) is 10.8 Å². The molecule has 1 saturated heterocycles. The second-order valence-electron chi connectivity index (χ2n) is 7.05. The van der Waals surface area contributed by atoms with Gasteiger partial charge in [-0.05, 0) is 35.7 Å². The fraction of sp³-hybridized carbons (Fsp3) is 0.529. The fourth-order valence-electron chi connectivity index (χ4n) is 3.67. The van der Waals surface area contributed by atoms with Crippen LogP contribution in [0.3, 0.4) is 0 Å². The van der Waals surface area contributed by atoms with E-state index in [0.29, 0.717) is 35.8 Å². The molecular formula is C17H19BrClN7O2. The van der Waals surface area contributed by atoms with Crippen LogP contribution < -0.4 is 10.1 Å². The van der Waals surface area contributed by atoms with Gasteiger partial charge in [-0.3, -0.25) is 0 Å². The number of anilines is 2. The predicted molar refractivity (Wildman–Crippen MR) is 107 cm³/mol. The summed E-state index contributed by atoms with van der Waals surface area (Å²) in [6.45, 7) is 3.96. The van der Waals surface area contributed by atoms with Gasteiger partial charge < -0.3 is 14.8 Å². The first-order valence-electron chi connectivity index (χ1n) is 9.28. The Labute approximate surface area is 174 Å². The minimum atomic E-state index is 0.206. The van der Waals surface area contributed by atoms with Crippen LogP contribution in [-0.2, 0) is 11.3 Å². The zero-order chi connectivity index (χ0) is 19.3. The molecule has 2 bridgehead atoms. The average molecular weight is 469 g/mol. The van der Waals surface area contributed by atoms with Crippen molar-refractivity contribution in [2.24, 2.45) is 0 Å². The van der Waals surface area contributed by atoms with Gasteiger partial charge in [0.05, 0.1) is 24.1 Å². The third-order valence-electron chi connectivity index (χ3n) is 5.06. The summed E-state index contributed by atoms with van der Waals surface area (Å²) in [7, 11) is 0. The Kier molecular flexibility index (Phi) is 4.64. The lowest BCUT2D eigenvalue weighted by molar-refractivity contribution is 0.00281. The van der Waals surface area contributed by atoms with Crippen molar-refractivity contribution in [3.05, 3.63) is 16.0 Å². The molecule has 0 aliphatic carbocycles. The van der Waals surface area contributed by atoms with Crippen LogP contribution in [-0.4, -0.2) is 48.8 Å². The SMILES string of the molecule is C[C@@H]1C[C@H](n2nc3c(c2Br)Nc2ncc4c(Cl)nn(c4n2)CCCO3)CCO1. The summed E-state index contributed by atoms with van der Waals surface area (Å²) >= 11 is 9.91. The van der Waals surface area contributed by atoms with Crippen LogP contribution in [0.1, 0.15) is 32.2 Å². The van der Waals surface area contributed by atoms with E-state index in [1.807, 2.05) is 4.68 Å². The largest absolute Gasteiger partial charge is 0.475 e. The summed E-state index contributed by atoms with van der Waals surface area (Å²) in [6.07, 6.45) is 4.46. The van der Waals surface area contributed by atoms with Crippen LogP contribution >= 0.6 is 27.5 Å². The van der Waals surface area contributed by atoms with Crippen LogP contribution in [0.4, 0.5) is 11.6 Å². The zero-order valence-electron chi connectivity index (χ0n) is 15.2. The van der Waals surface area contributed by atoms with E-state index in [2.05, 4.69) is 43.2 Å². The molecule has 11 heteroatoms. The number of nitrogens with zero attached hydrogens (tertiary/aromatic N) is 6. The van der Waals surface area contributed by atoms with Crippen LogP contribution in [0, 0.1) is 0 Å². The van der Waals surface area contributed by atoms with Crippen molar-refractivity contribution in [3.8, 4) is 5.88 Å². The number of aryl methyl sites for hydroxylation is 1. The van der Waals surface area contributed by atoms with Crippen LogP contribution in [0.2, 0.25) is 5.15 Å². The van der Waals surface area contributed by atoms with Gasteiger partial charge in [0.2, 0.25) is 5.95 Å². The van der Waals surface area contributed by atoms with E-state index in [1.165, 1.54) is 0 Å². The highest BCUT2D eigenvalue weighted by Gasteiger charge is 2.28. The van der Waals surface area contributed by atoms with E-state index in [9.17, 15) is 0 Å². The topological polar surface area (TPSA) is 91.9 Å². The zero-order valence-corrected chi connectivity index (χ0v) is 17.6. The molecule has 1 N–H and O–H groups in total. The van der Waals surface area contributed by atoms with E-state index in [-0.39, 0.29) is 12.1 Å². The summed E-state index contributed by atoms with van der Waals surface area (Å²) in [5.41, 5.74) is 1.42. The Morgan fingerprint density at radius 2 is 2.21 bits per heavy atom. The molecule has 0 aromatic carbocycles.